The number of hydrogen-bond donors (Lipinski definition) is 2. The molecular formula is C10H12ClN3. The molecule has 4 heteroatoms. The van der Waals surface area contributed by atoms with Crippen LogP contribution in [0.15, 0.2) is 18.2 Å². The molecule has 0 aliphatic rings. The molecular weight excluding hydrogens is 198 g/mol. The Morgan fingerprint density at radius 2 is 2.36 bits per heavy atom. The van der Waals surface area contributed by atoms with Gasteiger partial charge < -0.3 is 5.73 Å². The second-order valence-corrected chi connectivity index (χ2v) is 3.91. The Bertz CT molecular complexity index is 448. The lowest BCUT2D eigenvalue weighted by Crippen LogP contribution is -2.17. The predicted molar refractivity (Wildman–Crippen MR) is 58.5 cm³/mol. The maximum Gasteiger partial charge on any atom is 0.132 e. The lowest BCUT2D eigenvalue weighted by Gasteiger charge is -2.05. The second-order valence-electron chi connectivity index (χ2n) is 3.53. The van der Waals surface area contributed by atoms with Crippen molar-refractivity contribution in [3.05, 3.63) is 28.9 Å². The number of nitrogens with zero attached hydrogens (tertiary/aromatic N) is 1. The summed E-state index contributed by atoms with van der Waals surface area (Å²) in [6, 6.07) is 6.07. The zero-order chi connectivity index (χ0) is 10.1. The molecule has 1 atom stereocenters. The predicted octanol–water partition coefficient (Wildman–Crippen LogP) is 2.11. The Morgan fingerprint density at radius 1 is 1.57 bits per heavy atom. The SMILES string of the molecule is CC(N)Cc1cccc2n[nH]c(Cl)c12. The molecule has 1 aromatic heterocycles. The molecule has 1 heterocycles. The van der Waals surface area contributed by atoms with Gasteiger partial charge in [0.05, 0.1) is 5.52 Å². The van der Waals surface area contributed by atoms with Crippen LogP contribution in [0.1, 0.15) is 12.5 Å². The summed E-state index contributed by atoms with van der Waals surface area (Å²) in [4.78, 5) is 0. The Kier molecular flexibility index (Phi) is 2.44. The van der Waals surface area contributed by atoms with Crippen LogP contribution in [-0.4, -0.2) is 16.2 Å². The Hall–Kier alpha value is -1.06. The molecule has 3 N–H and O–H groups in total. The lowest BCUT2D eigenvalue weighted by molar-refractivity contribution is 0.742. The molecule has 0 fully saturated rings. The van der Waals surface area contributed by atoms with Gasteiger partial charge in [0.15, 0.2) is 0 Å². The largest absolute Gasteiger partial charge is 0.328 e. The average molecular weight is 210 g/mol. The molecule has 0 saturated carbocycles. The topological polar surface area (TPSA) is 54.7 Å². The van der Waals surface area contributed by atoms with Crippen LogP contribution in [0.25, 0.3) is 10.9 Å². The molecule has 74 valence electrons. The molecule has 14 heavy (non-hydrogen) atoms. The van der Waals surface area contributed by atoms with Crippen LogP contribution in [0, 0.1) is 0 Å². The van der Waals surface area contributed by atoms with Gasteiger partial charge >= 0.3 is 0 Å². The number of rotatable bonds is 2. The third-order valence-electron chi connectivity index (χ3n) is 2.16. The number of aromatic nitrogens is 2. The van der Waals surface area contributed by atoms with Crippen LogP contribution in [0.4, 0.5) is 0 Å². The summed E-state index contributed by atoms with van der Waals surface area (Å²) >= 11 is 6.00. The molecule has 1 unspecified atom stereocenters. The highest BCUT2D eigenvalue weighted by Crippen LogP contribution is 2.24. The highest BCUT2D eigenvalue weighted by Gasteiger charge is 2.08. The smallest absolute Gasteiger partial charge is 0.132 e. The van der Waals surface area contributed by atoms with Crippen molar-refractivity contribution >= 4 is 22.5 Å². The van der Waals surface area contributed by atoms with Gasteiger partial charge in [0.1, 0.15) is 5.15 Å². The summed E-state index contributed by atoms with van der Waals surface area (Å²) in [5.74, 6) is 0. The third kappa shape index (κ3) is 1.61. The highest BCUT2D eigenvalue weighted by atomic mass is 35.5. The molecule has 0 aliphatic heterocycles. The minimum Gasteiger partial charge on any atom is -0.328 e. The van der Waals surface area contributed by atoms with Gasteiger partial charge in [0.25, 0.3) is 0 Å². The van der Waals surface area contributed by atoms with E-state index in [9.17, 15) is 0 Å². The molecule has 0 amide bonds. The maximum absolute atomic E-state index is 6.00. The summed E-state index contributed by atoms with van der Waals surface area (Å²) in [7, 11) is 0. The van der Waals surface area contributed by atoms with Crippen LogP contribution in [0.3, 0.4) is 0 Å². The van der Waals surface area contributed by atoms with Crippen molar-refractivity contribution in [1.82, 2.24) is 10.2 Å². The standard InChI is InChI=1S/C10H12ClN3/c1-6(12)5-7-3-2-4-8-9(7)10(11)14-13-8/h2-4,6H,5,12H2,1H3,(H,13,14). The summed E-state index contributed by atoms with van der Waals surface area (Å²) < 4.78 is 0. The molecule has 0 saturated heterocycles. The van der Waals surface area contributed by atoms with Gasteiger partial charge in [-0.25, -0.2) is 0 Å². The van der Waals surface area contributed by atoms with Crippen LogP contribution in [0.5, 0.6) is 0 Å². The molecule has 1 aromatic carbocycles. The van der Waals surface area contributed by atoms with Crippen molar-refractivity contribution in [3.63, 3.8) is 0 Å². The Labute approximate surface area is 87.2 Å². The van der Waals surface area contributed by atoms with Crippen LogP contribution in [-0.2, 0) is 6.42 Å². The van der Waals surface area contributed by atoms with Gasteiger partial charge in [0.2, 0.25) is 0 Å². The van der Waals surface area contributed by atoms with Gasteiger partial charge in [-0.1, -0.05) is 23.7 Å². The first-order valence-corrected chi connectivity index (χ1v) is 4.93. The van der Waals surface area contributed by atoms with E-state index in [-0.39, 0.29) is 6.04 Å². The van der Waals surface area contributed by atoms with E-state index in [1.165, 1.54) is 0 Å². The number of nitrogens with one attached hydrogen (secondary N) is 1. The third-order valence-corrected chi connectivity index (χ3v) is 2.44. The molecule has 2 rings (SSSR count). The number of benzene rings is 1. The Morgan fingerprint density at radius 3 is 3.07 bits per heavy atom. The summed E-state index contributed by atoms with van der Waals surface area (Å²) in [5, 5.41) is 8.44. The maximum atomic E-state index is 6.00. The quantitative estimate of drug-likeness (QED) is 0.796. The molecule has 0 radical (unpaired) electrons. The van der Waals surface area contributed by atoms with Crippen molar-refractivity contribution in [2.45, 2.75) is 19.4 Å². The number of fused-ring (bicyclic) bond motifs is 1. The Balaban J connectivity index is 2.57. The van der Waals surface area contributed by atoms with Crippen molar-refractivity contribution in [3.8, 4) is 0 Å². The van der Waals surface area contributed by atoms with Gasteiger partial charge in [-0.3, -0.25) is 5.10 Å². The van der Waals surface area contributed by atoms with Crippen molar-refractivity contribution in [2.75, 3.05) is 0 Å². The first-order chi connectivity index (χ1) is 6.68. The van der Waals surface area contributed by atoms with Gasteiger partial charge in [-0.2, -0.15) is 5.10 Å². The van der Waals surface area contributed by atoms with E-state index >= 15 is 0 Å². The molecule has 0 bridgehead atoms. The fourth-order valence-electron chi connectivity index (χ4n) is 1.62. The number of aromatic amines is 1. The number of hydrogen-bond acceptors (Lipinski definition) is 2. The fourth-order valence-corrected chi connectivity index (χ4v) is 1.88. The van der Waals surface area contributed by atoms with Gasteiger partial charge in [0, 0.05) is 11.4 Å². The van der Waals surface area contributed by atoms with E-state index in [0.717, 1.165) is 22.9 Å². The first-order valence-electron chi connectivity index (χ1n) is 4.55. The van der Waals surface area contributed by atoms with E-state index in [1.807, 2.05) is 25.1 Å². The number of halogens is 1. The fraction of sp³-hybridized carbons (Fsp3) is 0.300. The number of nitrogens with two attached hydrogens (primary N) is 1. The highest BCUT2D eigenvalue weighted by molar-refractivity contribution is 6.34. The second kappa shape index (κ2) is 3.59. The zero-order valence-corrected chi connectivity index (χ0v) is 8.67. The summed E-state index contributed by atoms with van der Waals surface area (Å²) in [6.45, 7) is 1.98. The molecule has 0 aliphatic carbocycles. The van der Waals surface area contributed by atoms with Crippen LogP contribution < -0.4 is 5.73 Å². The van der Waals surface area contributed by atoms with Crippen LogP contribution >= 0.6 is 11.6 Å². The normalized spacial score (nSPS) is 13.4. The molecule has 3 nitrogen and oxygen atoms in total. The van der Waals surface area contributed by atoms with Gasteiger partial charge in [-0.05, 0) is 25.0 Å². The summed E-state index contributed by atoms with van der Waals surface area (Å²) in [5.41, 5.74) is 7.81. The van der Waals surface area contributed by atoms with Crippen molar-refractivity contribution in [1.29, 1.82) is 0 Å². The molecule has 0 spiro atoms. The van der Waals surface area contributed by atoms with E-state index in [4.69, 9.17) is 17.3 Å². The summed E-state index contributed by atoms with van der Waals surface area (Å²) in [6.07, 6.45) is 0.816. The van der Waals surface area contributed by atoms with Crippen LogP contribution in [0.2, 0.25) is 5.15 Å². The first kappa shape index (κ1) is 9.49. The monoisotopic (exact) mass is 209 g/mol. The number of H-pyrrole nitrogens is 1. The minimum absolute atomic E-state index is 0.131. The van der Waals surface area contributed by atoms with Crippen molar-refractivity contribution in [2.24, 2.45) is 5.73 Å². The zero-order valence-electron chi connectivity index (χ0n) is 7.92. The molecule has 2 aromatic rings. The lowest BCUT2D eigenvalue weighted by atomic mass is 10.0. The van der Waals surface area contributed by atoms with E-state index in [2.05, 4.69) is 10.2 Å². The minimum atomic E-state index is 0.131. The van der Waals surface area contributed by atoms with E-state index in [1.54, 1.807) is 0 Å². The van der Waals surface area contributed by atoms with Crippen molar-refractivity contribution < 1.29 is 0 Å². The van der Waals surface area contributed by atoms with E-state index in [0.29, 0.717) is 5.15 Å². The van der Waals surface area contributed by atoms with Gasteiger partial charge in [-0.15, -0.1) is 0 Å². The van der Waals surface area contributed by atoms with E-state index < -0.39 is 0 Å². The average Bonchev–Trinajstić information content (AvgIpc) is 2.48.